The van der Waals surface area contributed by atoms with Crippen molar-refractivity contribution in [3.8, 4) is 0 Å². The van der Waals surface area contributed by atoms with Crippen LogP contribution in [0.25, 0.3) is 0 Å². The molecule has 96 valence electrons. The van der Waals surface area contributed by atoms with Crippen LogP contribution in [-0.4, -0.2) is 15.0 Å². The average Bonchev–Trinajstić information content (AvgIpc) is 2.81. The molecule has 2 heterocycles. The Balaban J connectivity index is 1.95. The van der Waals surface area contributed by atoms with Gasteiger partial charge in [-0.3, -0.25) is 0 Å². The molecule has 1 aromatic carbocycles. The molecule has 0 unspecified atom stereocenters. The summed E-state index contributed by atoms with van der Waals surface area (Å²) in [5, 5.41) is 0. The van der Waals surface area contributed by atoms with Gasteiger partial charge in [-0.15, -0.1) is 0 Å². The molecule has 0 radical (unpaired) electrons. The zero-order chi connectivity index (χ0) is 13.4. The monoisotopic (exact) mass is 270 g/mol. The molecule has 1 aliphatic heterocycles. The molecule has 0 spiro atoms. The number of hydrogen-bond acceptors (Lipinski definition) is 4. The van der Waals surface area contributed by atoms with Gasteiger partial charge in [-0.1, -0.05) is 36.5 Å². The first-order valence-corrected chi connectivity index (χ1v) is 6.51. The van der Waals surface area contributed by atoms with Gasteiger partial charge in [0.2, 0.25) is 5.95 Å². The number of aromatic nitrogens is 2. The number of aryl methyl sites for hydroxylation is 1. The highest BCUT2D eigenvalue weighted by molar-refractivity contribution is 7.80. The Hall–Kier alpha value is -2.01. The number of fused-ring (bicyclic) bond motifs is 1. The maximum absolute atomic E-state index is 5.66. The van der Waals surface area contributed by atoms with Gasteiger partial charge in [0.25, 0.3) is 0 Å². The van der Waals surface area contributed by atoms with Crippen LogP contribution >= 0.6 is 12.2 Å². The van der Waals surface area contributed by atoms with Crippen LogP contribution in [0.4, 0.5) is 5.95 Å². The van der Waals surface area contributed by atoms with Gasteiger partial charge in [-0.05, 0) is 24.1 Å². The summed E-state index contributed by atoms with van der Waals surface area (Å²) in [4.78, 5) is 11.4. The molecule has 5 heteroatoms. The molecule has 1 aliphatic rings. The fraction of sp³-hybridized carbons (Fsp3) is 0.214. The fourth-order valence-electron chi connectivity index (χ4n) is 2.30. The van der Waals surface area contributed by atoms with Crippen LogP contribution in [0.1, 0.15) is 22.5 Å². The Bertz CT molecular complexity index is 629. The molecule has 0 bridgehead atoms. The summed E-state index contributed by atoms with van der Waals surface area (Å²) in [7, 11) is 0. The fourth-order valence-corrected chi connectivity index (χ4v) is 2.40. The van der Waals surface area contributed by atoms with Crippen LogP contribution in [0.3, 0.4) is 0 Å². The molecule has 0 fully saturated rings. The minimum atomic E-state index is 0.309. The van der Waals surface area contributed by atoms with Gasteiger partial charge < -0.3 is 10.6 Å². The molecule has 0 aliphatic carbocycles. The van der Waals surface area contributed by atoms with E-state index in [4.69, 9.17) is 18.0 Å². The van der Waals surface area contributed by atoms with Crippen LogP contribution in [0.5, 0.6) is 0 Å². The molecule has 0 amide bonds. The van der Waals surface area contributed by atoms with Gasteiger partial charge in [0.1, 0.15) is 10.7 Å². The van der Waals surface area contributed by atoms with E-state index in [9.17, 15) is 0 Å². The Labute approximate surface area is 117 Å². The Morgan fingerprint density at radius 1 is 1.21 bits per heavy atom. The summed E-state index contributed by atoms with van der Waals surface area (Å²) in [5.74, 6) is 0.694. The predicted molar refractivity (Wildman–Crippen MR) is 79.0 cm³/mol. The average molecular weight is 270 g/mol. The van der Waals surface area contributed by atoms with Gasteiger partial charge in [0.15, 0.2) is 0 Å². The second-order valence-electron chi connectivity index (χ2n) is 4.68. The number of thiocarbonyl (C=S) groups is 1. The third kappa shape index (κ3) is 2.29. The molecule has 0 saturated carbocycles. The van der Waals surface area contributed by atoms with Crippen molar-refractivity contribution in [3.05, 3.63) is 52.8 Å². The minimum absolute atomic E-state index is 0.309. The molecule has 2 N–H and O–H groups in total. The summed E-state index contributed by atoms with van der Waals surface area (Å²) in [6.07, 6.45) is 0. The van der Waals surface area contributed by atoms with Crippen molar-refractivity contribution in [1.82, 2.24) is 9.97 Å². The first-order valence-electron chi connectivity index (χ1n) is 6.11. The molecule has 3 rings (SSSR count). The van der Waals surface area contributed by atoms with Gasteiger partial charge in [0.05, 0.1) is 0 Å². The van der Waals surface area contributed by atoms with Crippen molar-refractivity contribution in [2.75, 3.05) is 4.90 Å². The highest BCUT2D eigenvalue weighted by atomic mass is 32.1. The van der Waals surface area contributed by atoms with E-state index in [1.165, 1.54) is 11.1 Å². The third-order valence-electron chi connectivity index (χ3n) is 3.22. The van der Waals surface area contributed by atoms with Crippen molar-refractivity contribution in [2.24, 2.45) is 5.73 Å². The maximum Gasteiger partial charge on any atom is 0.226 e. The summed E-state index contributed by atoms with van der Waals surface area (Å²) in [6.45, 7) is 3.59. The maximum atomic E-state index is 5.66. The van der Waals surface area contributed by atoms with Crippen molar-refractivity contribution in [3.63, 3.8) is 0 Å². The van der Waals surface area contributed by atoms with Crippen molar-refractivity contribution in [1.29, 1.82) is 0 Å². The minimum Gasteiger partial charge on any atom is -0.388 e. The van der Waals surface area contributed by atoms with Crippen LogP contribution in [0.15, 0.2) is 30.3 Å². The quantitative estimate of drug-likeness (QED) is 0.845. The standard InChI is InChI=1S/C14H14N4S/c1-9-6-12(13(15)19)17-14(16-9)18-7-10-4-2-3-5-11(10)8-18/h2-6H,7-8H2,1H3,(H2,15,19). The smallest absolute Gasteiger partial charge is 0.226 e. The molecular weight excluding hydrogens is 256 g/mol. The molecule has 1 aromatic heterocycles. The molecular formula is C14H14N4S. The second kappa shape index (κ2) is 4.59. The van der Waals surface area contributed by atoms with E-state index in [0.717, 1.165) is 18.8 Å². The van der Waals surface area contributed by atoms with Crippen molar-refractivity contribution in [2.45, 2.75) is 20.0 Å². The van der Waals surface area contributed by atoms with E-state index in [1.54, 1.807) is 0 Å². The molecule has 0 atom stereocenters. The van der Waals surface area contributed by atoms with Gasteiger partial charge in [0, 0.05) is 18.8 Å². The number of hydrogen-bond donors (Lipinski definition) is 1. The lowest BCUT2D eigenvalue weighted by molar-refractivity contribution is 0.821. The first kappa shape index (κ1) is 12.0. The van der Waals surface area contributed by atoms with Gasteiger partial charge >= 0.3 is 0 Å². The van der Waals surface area contributed by atoms with Crippen LogP contribution < -0.4 is 10.6 Å². The molecule has 4 nitrogen and oxygen atoms in total. The second-order valence-corrected chi connectivity index (χ2v) is 5.12. The summed E-state index contributed by atoms with van der Waals surface area (Å²) >= 11 is 4.99. The predicted octanol–water partition coefficient (Wildman–Crippen LogP) is 1.94. The van der Waals surface area contributed by atoms with E-state index < -0.39 is 0 Å². The summed E-state index contributed by atoms with van der Waals surface area (Å²) < 4.78 is 0. The highest BCUT2D eigenvalue weighted by Crippen LogP contribution is 2.25. The van der Waals surface area contributed by atoms with E-state index >= 15 is 0 Å². The van der Waals surface area contributed by atoms with Crippen LogP contribution in [-0.2, 0) is 13.1 Å². The van der Waals surface area contributed by atoms with Crippen LogP contribution in [0, 0.1) is 6.92 Å². The largest absolute Gasteiger partial charge is 0.388 e. The zero-order valence-electron chi connectivity index (χ0n) is 10.6. The lowest BCUT2D eigenvalue weighted by Gasteiger charge is -2.16. The van der Waals surface area contributed by atoms with Crippen molar-refractivity contribution >= 4 is 23.2 Å². The highest BCUT2D eigenvalue weighted by Gasteiger charge is 2.21. The van der Waals surface area contributed by atoms with E-state index in [0.29, 0.717) is 16.6 Å². The Kier molecular flexibility index (Phi) is 2.91. The van der Waals surface area contributed by atoms with Gasteiger partial charge in [-0.25, -0.2) is 9.97 Å². The number of rotatable bonds is 2. The van der Waals surface area contributed by atoms with Gasteiger partial charge in [-0.2, -0.15) is 0 Å². The topological polar surface area (TPSA) is 55.0 Å². The first-order chi connectivity index (χ1) is 9.13. The number of anilines is 1. The van der Waals surface area contributed by atoms with Crippen LogP contribution in [0.2, 0.25) is 0 Å². The number of benzene rings is 1. The normalized spacial score (nSPS) is 13.4. The summed E-state index contributed by atoms with van der Waals surface area (Å²) in [6, 6.07) is 10.2. The SMILES string of the molecule is Cc1cc(C(N)=S)nc(N2Cc3ccccc3C2)n1. The molecule has 19 heavy (non-hydrogen) atoms. The zero-order valence-corrected chi connectivity index (χ0v) is 11.4. The molecule has 2 aromatic rings. The Morgan fingerprint density at radius 3 is 2.42 bits per heavy atom. The number of nitrogens with two attached hydrogens (primary N) is 1. The molecule has 0 saturated heterocycles. The number of nitrogens with zero attached hydrogens (tertiary/aromatic N) is 3. The van der Waals surface area contributed by atoms with E-state index in [-0.39, 0.29) is 0 Å². The summed E-state index contributed by atoms with van der Waals surface area (Å²) in [5.41, 5.74) is 9.82. The van der Waals surface area contributed by atoms with Crippen molar-refractivity contribution < 1.29 is 0 Å². The van der Waals surface area contributed by atoms with E-state index in [2.05, 4.69) is 39.1 Å². The Morgan fingerprint density at radius 2 is 1.84 bits per heavy atom. The lowest BCUT2D eigenvalue weighted by Crippen LogP contribution is -2.21. The third-order valence-corrected chi connectivity index (χ3v) is 3.43. The van der Waals surface area contributed by atoms with E-state index in [1.807, 2.05) is 13.0 Å². The lowest BCUT2D eigenvalue weighted by atomic mass is 10.1.